The predicted molar refractivity (Wildman–Crippen MR) is 79.7 cm³/mol. The number of hydrogen-bond donors (Lipinski definition) is 1. The van der Waals surface area contributed by atoms with E-state index in [1.165, 1.54) is 6.42 Å². The average Bonchev–Trinajstić information content (AvgIpc) is 2.46. The Labute approximate surface area is 116 Å². The third-order valence-corrected chi connectivity index (χ3v) is 4.10. The summed E-state index contributed by atoms with van der Waals surface area (Å²) in [5.74, 6) is 0.192. The van der Waals surface area contributed by atoms with E-state index in [-0.39, 0.29) is 5.91 Å². The van der Waals surface area contributed by atoms with E-state index in [1.54, 1.807) is 0 Å². The van der Waals surface area contributed by atoms with Gasteiger partial charge in [0.1, 0.15) is 0 Å². The number of anilines is 1. The normalized spacial score (nSPS) is 19.3. The Balaban J connectivity index is 2.20. The molecule has 1 heterocycles. The topological polar surface area (TPSA) is 32.3 Å². The number of likely N-dealkylation sites (tertiary alicyclic amines) is 1. The molecular weight excluding hydrogens is 236 g/mol. The van der Waals surface area contributed by atoms with E-state index in [0.29, 0.717) is 6.04 Å². The van der Waals surface area contributed by atoms with E-state index in [0.717, 1.165) is 42.6 Å². The van der Waals surface area contributed by atoms with Gasteiger partial charge in [-0.05, 0) is 56.4 Å². The molecule has 1 saturated heterocycles. The third kappa shape index (κ3) is 2.91. The molecule has 0 radical (unpaired) electrons. The minimum atomic E-state index is 0.192. The van der Waals surface area contributed by atoms with Gasteiger partial charge in [0.25, 0.3) is 5.91 Å². The third-order valence-electron chi connectivity index (χ3n) is 4.10. The molecule has 3 heteroatoms. The molecule has 0 bridgehead atoms. The van der Waals surface area contributed by atoms with Crippen molar-refractivity contribution in [3.63, 3.8) is 0 Å². The van der Waals surface area contributed by atoms with E-state index >= 15 is 0 Å². The highest BCUT2D eigenvalue weighted by Gasteiger charge is 2.26. The molecular formula is C16H24N2O. The number of hydrogen-bond acceptors (Lipinski definition) is 2. The van der Waals surface area contributed by atoms with Gasteiger partial charge in [0.05, 0.1) is 0 Å². The summed E-state index contributed by atoms with van der Waals surface area (Å²) >= 11 is 0. The number of carbonyl (C=O) groups excluding carboxylic acids is 1. The molecule has 1 atom stereocenters. The van der Waals surface area contributed by atoms with E-state index in [4.69, 9.17) is 0 Å². The number of nitrogens with one attached hydrogen (secondary N) is 1. The molecule has 1 fully saturated rings. The van der Waals surface area contributed by atoms with Crippen LogP contribution in [0.3, 0.4) is 0 Å². The summed E-state index contributed by atoms with van der Waals surface area (Å²) in [4.78, 5) is 14.7. The van der Waals surface area contributed by atoms with Gasteiger partial charge < -0.3 is 10.2 Å². The Morgan fingerprint density at radius 1 is 1.42 bits per heavy atom. The van der Waals surface area contributed by atoms with Crippen LogP contribution in [0.2, 0.25) is 0 Å². The lowest BCUT2D eigenvalue weighted by atomic mass is 9.98. The van der Waals surface area contributed by atoms with Crippen LogP contribution >= 0.6 is 0 Å². The molecule has 0 spiro atoms. The zero-order valence-corrected chi connectivity index (χ0v) is 12.2. The maximum atomic E-state index is 12.6. The Hall–Kier alpha value is -1.51. The summed E-state index contributed by atoms with van der Waals surface area (Å²) in [6.07, 6.45) is 4.59. The van der Waals surface area contributed by atoms with Crippen LogP contribution in [-0.2, 0) is 0 Å². The van der Waals surface area contributed by atoms with Gasteiger partial charge in [0, 0.05) is 30.9 Å². The van der Waals surface area contributed by atoms with E-state index in [2.05, 4.69) is 17.1 Å². The number of rotatable bonds is 3. The van der Waals surface area contributed by atoms with Crippen molar-refractivity contribution in [2.75, 3.05) is 18.9 Å². The fourth-order valence-corrected chi connectivity index (χ4v) is 2.94. The maximum absolute atomic E-state index is 12.6. The molecule has 1 aromatic carbocycles. The van der Waals surface area contributed by atoms with Gasteiger partial charge in [0.2, 0.25) is 0 Å². The van der Waals surface area contributed by atoms with Gasteiger partial charge in [-0.1, -0.05) is 6.92 Å². The van der Waals surface area contributed by atoms with Crippen molar-refractivity contribution in [2.45, 2.75) is 45.6 Å². The number of carbonyl (C=O) groups is 1. The first-order valence-corrected chi connectivity index (χ1v) is 7.26. The summed E-state index contributed by atoms with van der Waals surface area (Å²) in [5, 5.41) is 3.14. The van der Waals surface area contributed by atoms with Crippen molar-refractivity contribution < 1.29 is 4.79 Å². The second kappa shape index (κ2) is 6.09. The Bertz CT molecular complexity index is 456. The first-order chi connectivity index (χ1) is 9.17. The molecule has 0 saturated carbocycles. The number of piperidine rings is 1. The van der Waals surface area contributed by atoms with E-state index in [9.17, 15) is 4.79 Å². The SMILES string of the molecule is CCC1CCCCN1C(=O)c1ccc(NC)c(C)c1. The molecule has 1 aliphatic heterocycles. The standard InChI is InChI=1S/C16H24N2O/c1-4-14-7-5-6-10-18(14)16(19)13-8-9-15(17-3)12(2)11-13/h8-9,11,14,17H,4-7,10H2,1-3H3. The molecule has 3 nitrogen and oxygen atoms in total. The molecule has 1 aromatic rings. The van der Waals surface area contributed by atoms with Crippen LogP contribution in [0.25, 0.3) is 0 Å². The number of aryl methyl sites for hydroxylation is 1. The largest absolute Gasteiger partial charge is 0.388 e. The smallest absolute Gasteiger partial charge is 0.254 e. The van der Waals surface area contributed by atoms with Gasteiger partial charge in [-0.15, -0.1) is 0 Å². The first kappa shape index (κ1) is 13.9. The van der Waals surface area contributed by atoms with Crippen molar-refractivity contribution in [1.82, 2.24) is 4.90 Å². The van der Waals surface area contributed by atoms with Crippen molar-refractivity contribution in [2.24, 2.45) is 0 Å². The van der Waals surface area contributed by atoms with Crippen molar-refractivity contribution in [1.29, 1.82) is 0 Å². The lowest BCUT2D eigenvalue weighted by Crippen LogP contribution is -2.43. The van der Waals surface area contributed by atoms with E-state index < -0.39 is 0 Å². The van der Waals surface area contributed by atoms with Gasteiger partial charge >= 0.3 is 0 Å². The monoisotopic (exact) mass is 260 g/mol. The molecule has 1 aliphatic rings. The van der Waals surface area contributed by atoms with Crippen LogP contribution in [-0.4, -0.2) is 30.4 Å². The lowest BCUT2D eigenvalue weighted by molar-refractivity contribution is 0.0608. The fourth-order valence-electron chi connectivity index (χ4n) is 2.94. The van der Waals surface area contributed by atoms with Gasteiger partial charge in [-0.3, -0.25) is 4.79 Å². The molecule has 104 valence electrons. The molecule has 1 N–H and O–H groups in total. The highest BCUT2D eigenvalue weighted by atomic mass is 16.2. The Morgan fingerprint density at radius 2 is 2.21 bits per heavy atom. The number of benzene rings is 1. The molecule has 0 aliphatic carbocycles. The van der Waals surface area contributed by atoms with Gasteiger partial charge in [0.15, 0.2) is 0 Å². The quantitative estimate of drug-likeness (QED) is 0.903. The molecule has 0 aromatic heterocycles. The van der Waals surface area contributed by atoms with Crippen molar-refractivity contribution >= 4 is 11.6 Å². The highest BCUT2D eigenvalue weighted by molar-refractivity contribution is 5.95. The second-order valence-corrected chi connectivity index (χ2v) is 5.34. The fraction of sp³-hybridized carbons (Fsp3) is 0.562. The number of amides is 1. The van der Waals surface area contributed by atoms with Gasteiger partial charge in [-0.2, -0.15) is 0 Å². The second-order valence-electron chi connectivity index (χ2n) is 5.34. The average molecular weight is 260 g/mol. The summed E-state index contributed by atoms with van der Waals surface area (Å²) in [7, 11) is 1.90. The zero-order valence-electron chi connectivity index (χ0n) is 12.2. The summed E-state index contributed by atoms with van der Waals surface area (Å²) in [6, 6.07) is 6.34. The first-order valence-electron chi connectivity index (χ1n) is 7.26. The summed E-state index contributed by atoms with van der Waals surface area (Å²) in [5.41, 5.74) is 3.03. The van der Waals surface area contributed by atoms with E-state index in [1.807, 2.05) is 32.2 Å². The van der Waals surface area contributed by atoms with Crippen LogP contribution in [0.15, 0.2) is 18.2 Å². The highest BCUT2D eigenvalue weighted by Crippen LogP contribution is 2.23. The molecule has 1 unspecified atom stereocenters. The summed E-state index contributed by atoms with van der Waals surface area (Å²) < 4.78 is 0. The number of nitrogens with zero attached hydrogens (tertiary/aromatic N) is 1. The molecule has 19 heavy (non-hydrogen) atoms. The summed E-state index contributed by atoms with van der Waals surface area (Å²) in [6.45, 7) is 5.12. The Kier molecular flexibility index (Phi) is 4.46. The maximum Gasteiger partial charge on any atom is 0.254 e. The lowest BCUT2D eigenvalue weighted by Gasteiger charge is -2.35. The van der Waals surface area contributed by atoms with Crippen molar-refractivity contribution in [3.05, 3.63) is 29.3 Å². The van der Waals surface area contributed by atoms with Crippen LogP contribution < -0.4 is 5.32 Å². The van der Waals surface area contributed by atoms with Crippen LogP contribution in [0.4, 0.5) is 5.69 Å². The van der Waals surface area contributed by atoms with Gasteiger partial charge in [-0.25, -0.2) is 0 Å². The minimum absolute atomic E-state index is 0.192. The predicted octanol–water partition coefficient (Wildman–Crippen LogP) is 3.44. The Morgan fingerprint density at radius 3 is 2.84 bits per heavy atom. The van der Waals surface area contributed by atoms with Crippen molar-refractivity contribution in [3.8, 4) is 0 Å². The van der Waals surface area contributed by atoms with Crippen LogP contribution in [0, 0.1) is 6.92 Å². The minimum Gasteiger partial charge on any atom is -0.388 e. The molecule has 1 amide bonds. The zero-order chi connectivity index (χ0) is 13.8. The molecule has 2 rings (SSSR count). The van der Waals surface area contributed by atoms with Crippen LogP contribution in [0.5, 0.6) is 0 Å². The van der Waals surface area contributed by atoms with Crippen LogP contribution in [0.1, 0.15) is 48.5 Å².